The zero-order chi connectivity index (χ0) is 13.1. The van der Waals surface area contributed by atoms with Gasteiger partial charge in [0.15, 0.2) is 0 Å². The third-order valence-electron chi connectivity index (χ3n) is 2.31. The summed E-state index contributed by atoms with van der Waals surface area (Å²) >= 11 is 4.82. The van der Waals surface area contributed by atoms with E-state index < -0.39 is 0 Å². The molecule has 0 saturated heterocycles. The molecule has 0 atom stereocenters. The van der Waals surface area contributed by atoms with Crippen molar-refractivity contribution in [3.8, 4) is 6.07 Å². The highest BCUT2D eigenvalue weighted by atomic mass is 79.9. The summed E-state index contributed by atoms with van der Waals surface area (Å²) in [6, 6.07) is 7.24. The first-order valence-corrected chi connectivity index (χ1v) is 6.61. The van der Waals surface area contributed by atoms with E-state index in [1.54, 1.807) is 7.05 Å². The molecule has 0 bridgehead atoms. The number of aromatic nitrogens is 1. The molecule has 0 unspecified atom stereocenters. The number of hydrogen-bond donors (Lipinski definition) is 0. The molecule has 0 saturated carbocycles. The number of hydrogen-bond acceptors (Lipinski definition) is 4. The van der Waals surface area contributed by atoms with E-state index in [-0.39, 0.29) is 5.91 Å². The van der Waals surface area contributed by atoms with Gasteiger partial charge in [-0.2, -0.15) is 5.26 Å². The molecule has 90 valence electrons. The lowest BCUT2D eigenvalue weighted by atomic mass is 10.2. The SMILES string of the molecule is CN(C(=O)c1cncc(C#N)c1)c1ccc(Br)s1. The van der Waals surface area contributed by atoms with Crippen molar-refractivity contribution >= 4 is 38.2 Å². The molecule has 2 aromatic rings. The lowest BCUT2D eigenvalue weighted by Gasteiger charge is -2.14. The average Bonchev–Trinajstić information content (AvgIpc) is 2.83. The van der Waals surface area contributed by atoms with Crippen LogP contribution in [-0.4, -0.2) is 17.9 Å². The van der Waals surface area contributed by atoms with Crippen LogP contribution < -0.4 is 4.90 Å². The summed E-state index contributed by atoms with van der Waals surface area (Å²) in [6.45, 7) is 0. The molecule has 2 aromatic heterocycles. The van der Waals surface area contributed by atoms with Crippen LogP contribution in [0.4, 0.5) is 5.00 Å². The number of nitrogens with zero attached hydrogens (tertiary/aromatic N) is 3. The van der Waals surface area contributed by atoms with Crippen LogP contribution in [-0.2, 0) is 0 Å². The number of carbonyl (C=O) groups is 1. The Bertz CT molecular complexity index is 632. The van der Waals surface area contributed by atoms with Gasteiger partial charge < -0.3 is 4.90 Å². The molecule has 0 spiro atoms. The minimum absolute atomic E-state index is 0.186. The molecule has 0 fully saturated rings. The van der Waals surface area contributed by atoms with Crippen molar-refractivity contribution in [3.63, 3.8) is 0 Å². The van der Waals surface area contributed by atoms with Gasteiger partial charge in [-0.25, -0.2) is 0 Å². The molecule has 0 aromatic carbocycles. The van der Waals surface area contributed by atoms with Gasteiger partial charge in [0, 0.05) is 19.4 Å². The summed E-state index contributed by atoms with van der Waals surface area (Å²) in [4.78, 5) is 17.6. The number of anilines is 1. The Hall–Kier alpha value is -1.71. The molecule has 0 N–H and O–H groups in total. The molecular formula is C12H8BrN3OS. The van der Waals surface area contributed by atoms with Gasteiger partial charge in [-0.1, -0.05) is 0 Å². The van der Waals surface area contributed by atoms with E-state index in [1.165, 1.54) is 34.7 Å². The predicted molar refractivity (Wildman–Crippen MR) is 73.7 cm³/mol. The van der Waals surface area contributed by atoms with Gasteiger partial charge >= 0.3 is 0 Å². The normalized spacial score (nSPS) is 9.83. The fraction of sp³-hybridized carbons (Fsp3) is 0.0833. The van der Waals surface area contributed by atoms with Crippen molar-refractivity contribution in [2.24, 2.45) is 0 Å². The van der Waals surface area contributed by atoms with Crippen LogP contribution in [0.15, 0.2) is 34.4 Å². The highest BCUT2D eigenvalue weighted by Crippen LogP contribution is 2.29. The molecule has 1 amide bonds. The standard InChI is InChI=1S/C12H8BrN3OS/c1-16(11-3-2-10(13)18-11)12(17)9-4-8(5-14)6-15-7-9/h2-4,6-7H,1H3. The molecule has 0 aliphatic rings. The maximum absolute atomic E-state index is 12.2. The summed E-state index contributed by atoms with van der Waals surface area (Å²) in [6.07, 6.45) is 2.89. The molecule has 0 aliphatic carbocycles. The van der Waals surface area contributed by atoms with E-state index in [0.29, 0.717) is 11.1 Å². The molecular weight excluding hydrogens is 314 g/mol. The van der Waals surface area contributed by atoms with Gasteiger partial charge in [0.1, 0.15) is 6.07 Å². The second-order valence-corrected chi connectivity index (χ2v) is 5.96. The van der Waals surface area contributed by atoms with Gasteiger partial charge in [-0.15, -0.1) is 11.3 Å². The van der Waals surface area contributed by atoms with Crippen LogP contribution in [0.2, 0.25) is 0 Å². The Morgan fingerprint density at radius 3 is 2.89 bits per heavy atom. The van der Waals surface area contributed by atoms with Gasteiger partial charge in [-0.05, 0) is 34.1 Å². The number of carbonyl (C=O) groups excluding carboxylic acids is 1. The van der Waals surface area contributed by atoms with E-state index in [0.717, 1.165) is 8.79 Å². The first kappa shape index (κ1) is 12.7. The lowest BCUT2D eigenvalue weighted by molar-refractivity contribution is 0.0993. The Kier molecular flexibility index (Phi) is 3.75. The second kappa shape index (κ2) is 5.29. The van der Waals surface area contributed by atoms with Crippen molar-refractivity contribution in [3.05, 3.63) is 45.5 Å². The number of thiophene rings is 1. The Morgan fingerprint density at radius 2 is 2.28 bits per heavy atom. The van der Waals surface area contributed by atoms with E-state index in [4.69, 9.17) is 5.26 Å². The van der Waals surface area contributed by atoms with Crippen molar-refractivity contribution in [2.45, 2.75) is 0 Å². The third kappa shape index (κ3) is 2.58. The quantitative estimate of drug-likeness (QED) is 0.854. The Morgan fingerprint density at radius 1 is 1.50 bits per heavy atom. The van der Waals surface area contributed by atoms with Crippen LogP contribution in [0.5, 0.6) is 0 Å². The third-order valence-corrected chi connectivity index (χ3v) is 4.01. The van der Waals surface area contributed by atoms with E-state index in [2.05, 4.69) is 20.9 Å². The van der Waals surface area contributed by atoms with Crippen molar-refractivity contribution in [2.75, 3.05) is 11.9 Å². The number of nitriles is 1. The predicted octanol–water partition coefficient (Wildman–Crippen LogP) is 3.05. The largest absolute Gasteiger partial charge is 0.303 e. The molecule has 0 radical (unpaired) electrons. The smallest absolute Gasteiger partial charge is 0.260 e. The van der Waals surface area contributed by atoms with E-state index >= 15 is 0 Å². The Labute approximate surface area is 117 Å². The van der Waals surface area contributed by atoms with Crippen LogP contribution >= 0.6 is 27.3 Å². The van der Waals surface area contributed by atoms with Crippen molar-refractivity contribution in [1.29, 1.82) is 5.26 Å². The van der Waals surface area contributed by atoms with Crippen LogP contribution in [0.1, 0.15) is 15.9 Å². The van der Waals surface area contributed by atoms with Gasteiger partial charge in [-0.3, -0.25) is 9.78 Å². The van der Waals surface area contributed by atoms with Gasteiger partial charge in [0.25, 0.3) is 5.91 Å². The summed E-state index contributed by atoms with van der Waals surface area (Å²) in [5.41, 5.74) is 0.780. The second-order valence-electron chi connectivity index (χ2n) is 3.52. The van der Waals surface area contributed by atoms with Gasteiger partial charge in [0.05, 0.1) is 19.9 Å². The molecule has 2 heterocycles. The number of amides is 1. The molecule has 4 nitrogen and oxygen atoms in total. The van der Waals surface area contributed by atoms with Crippen molar-refractivity contribution < 1.29 is 4.79 Å². The lowest BCUT2D eigenvalue weighted by Crippen LogP contribution is -2.25. The fourth-order valence-electron chi connectivity index (χ4n) is 1.40. The number of rotatable bonds is 2. The van der Waals surface area contributed by atoms with Crippen molar-refractivity contribution in [1.82, 2.24) is 4.98 Å². The maximum Gasteiger partial charge on any atom is 0.260 e. The minimum atomic E-state index is -0.186. The number of halogens is 1. The molecule has 2 rings (SSSR count). The van der Waals surface area contributed by atoms with Crippen LogP contribution in [0.3, 0.4) is 0 Å². The highest BCUT2D eigenvalue weighted by Gasteiger charge is 2.15. The molecule has 18 heavy (non-hydrogen) atoms. The summed E-state index contributed by atoms with van der Waals surface area (Å²) < 4.78 is 0.959. The summed E-state index contributed by atoms with van der Waals surface area (Å²) in [7, 11) is 1.69. The van der Waals surface area contributed by atoms with E-state index in [9.17, 15) is 4.79 Å². The summed E-state index contributed by atoms with van der Waals surface area (Å²) in [5, 5.41) is 9.61. The van der Waals surface area contributed by atoms with Crippen LogP contribution in [0.25, 0.3) is 0 Å². The first-order valence-electron chi connectivity index (χ1n) is 5.00. The maximum atomic E-state index is 12.2. The zero-order valence-corrected chi connectivity index (χ0v) is 11.8. The van der Waals surface area contributed by atoms with E-state index in [1.807, 2.05) is 18.2 Å². The van der Waals surface area contributed by atoms with Gasteiger partial charge in [0.2, 0.25) is 0 Å². The number of pyridine rings is 1. The van der Waals surface area contributed by atoms with Crippen LogP contribution in [0, 0.1) is 11.3 Å². The first-order chi connectivity index (χ1) is 8.61. The highest BCUT2D eigenvalue weighted by molar-refractivity contribution is 9.11. The Balaban J connectivity index is 2.28. The molecule has 0 aliphatic heterocycles. The minimum Gasteiger partial charge on any atom is -0.303 e. The topological polar surface area (TPSA) is 57.0 Å². The molecule has 6 heteroatoms. The zero-order valence-electron chi connectivity index (χ0n) is 9.42. The summed E-state index contributed by atoms with van der Waals surface area (Å²) in [5.74, 6) is -0.186. The average molecular weight is 322 g/mol. The fourth-order valence-corrected chi connectivity index (χ4v) is 2.72. The monoisotopic (exact) mass is 321 g/mol.